The molecule has 1 unspecified atom stereocenters. The number of ether oxygens (including phenoxy) is 1. The van der Waals surface area contributed by atoms with Crippen molar-refractivity contribution in [3.63, 3.8) is 0 Å². The molecule has 3 rings (SSSR count). The van der Waals surface area contributed by atoms with E-state index in [4.69, 9.17) is 9.26 Å². The number of allylic oxidation sites excluding steroid dienone is 1. The first-order valence-corrected chi connectivity index (χ1v) is 10.3. The van der Waals surface area contributed by atoms with E-state index in [9.17, 15) is 4.79 Å². The average molecular weight is 402 g/mol. The number of hydrogen-bond donors (Lipinski definition) is 1. The summed E-state index contributed by atoms with van der Waals surface area (Å²) in [7, 11) is 1.65. The van der Waals surface area contributed by atoms with Crippen LogP contribution in [-0.2, 0) is 11.3 Å². The van der Waals surface area contributed by atoms with Gasteiger partial charge >= 0.3 is 0 Å². The number of piperidine rings is 1. The van der Waals surface area contributed by atoms with E-state index in [1.807, 2.05) is 50.3 Å². The van der Waals surface area contributed by atoms with Crippen molar-refractivity contribution < 1.29 is 14.1 Å². The summed E-state index contributed by atoms with van der Waals surface area (Å²) in [5, 5.41) is 7.14. The minimum atomic E-state index is -0.00941. The highest BCUT2D eigenvalue weighted by atomic mass is 32.2. The monoisotopic (exact) mass is 401 g/mol. The van der Waals surface area contributed by atoms with Crippen LogP contribution in [-0.4, -0.2) is 35.6 Å². The van der Waals surface area contributed by atoms with Gasteiger partial charge in [0.25, 0.3) is 0 Å². The van der Waals surface area contributed by atoms with Gasteiger partial charge in [0.2, 0.25) is 5.91 Å². The Kier molecular flexibility index (Phi) is 7.17. The zero-order chi connectivity index (χ0) is 19.9. The topological polar surface area (TPSA) is 67.6 Å². The van der Waals surface area contributed by atoms with Crippen LogP contribution < -0.4 is 10.1 Å². The summed E-state index contributed by atoms with van der Waals surface area (Å²) in [5.74, 6) is 1.69. The highest BCUT2D eigenvalue weighted by Crippen LogP contribution is 2.33. The lowest BCUT2D eigenvalue weighted by atomic mass is 9.99. The van der Waals surface area contributed by atoms with Gasteiger partial charge in [-0.15, -0.1) is 0 Å². The van der Waals surface area contributed by atoms with E-state index in [0.29, 0.717) is 6.54 Å². The number of carbonyl (C=O) groups is 1. The van der Waals surface area contributed by atoms with Crippen LogP contribution in [0.4, 0.5) is 0 Å². The second-order valence-electron chi connectivity index (χ2n) is 6.85. The van der Waals surface area contributed by atoms with Gasteiger partial charge in [-0.2, -0.15) is 0 Å². The average Bonchev–Trinajstić information content (AvgIpc) is 3.06. The van der Waals surface area contributed by atoms with Gasteiger partial charge in [0.05, 0.1) is 23.6 Å². The fourth-order valence-electron chi connectivity index (χ4n) is 3.19. The molecule has 0 bridgehead atoms. The van der Waals surface area contributed by atoms with Crippen LogP contribution in [0.1, 0.15) is 36.8 Å². The van der Waals surface area contributed by atoms with Crippen molar-refractivity contribution in [3.8, 4) is 5.75 Å². The Morgan fingerprint density at radius 3 is 2.93 bits per heavy atom. The van der Waals surface area contributed by atoms with Crippen LogP contribution >= 0.6 is 11.9 Å². The second-order valence-corrected chi connectivity index (χ2v) is 7.95. The molecular weight excluding hydrogens is 374 g/mol. The van der Waals surface area contributed by atoms with Gasteiger partial charge in [-0.05, 0) is 62.4 Å². The summed E-state index contributed by atoms with van der Waals surface area (Å²) in [5.41, 5.74) is 1.94. The molecule has 2 heterocycles. The van der Waals surface area contributed by atoms with Crippen LogP contribution in [0.2, 0.25) is 0 Å². The number of aryl methyl sites for hydroxylation is 1. The summed E-state index contributed by atoms with van der Waals surface area (Å²) in [6.45, 7) is 6.10. The summed E-state index contributed by atoms with van der Waals surface area (Å²) >= 11 is 1.64. The Balaban J connectivity index is 1.55. The zero-order valence-corrected chi connectivity index (χ0v) is 17.4. The summed E-state index contributed by atoms with van der Waals surface area (Å²) in [4.78, 5) is 13.7. The molecule has 0 saturated carbocycles. The van der Waals surface area contributed by atoms with Gasteiger partial charge in [-0.3, -0.25) is 4.79 Å². The molecule has 0 spiro atoms. The molecule has 6 nitrogen and oxygen atoms in total. The first-order valence-electron chi connectivity index (χ1n) is 9.53. The highest BCUT2D eigenvalue weighted by molar-refractivity contribution is 7.97. The normalized spacial score (nSPS) is 17.8. The molecule has 1 atom stereocenters. The SMILES string of the molecule is C/C=C/c1onc(C)c1SN1CCCC(C(=O)NCc2ccc(OC)cc2)C1. The van der Waals surface area contributed by atoms with Crippen molar-refractivity contribution in [1.29, 1.82) is 0 Å². The van der Waals surface area contributed by atoms with Crippen molar-refractivity contribution in [2.24, 2.45) is 5.92 Å². The summed E-state index contributed by atoms with van der Waals surface area (Å²) in [6.07, 6.45) is 5.77. The Labute approximate surface area is 170 Å². The number of benzene rings is 1. The van der Waals surface area contributed by atoms with E-state index < -0.39 is 0 Å². The molecule has 1 aromatic carbocycles. The number of methoxy groups -OCH3 is 1. The maximum Gasteiger partial charge on any atom is 0.224 e. The molecule has 1 fully saturated rings. The standard InChI is InChI=1S/C21H27N3O3S/c1-4-6-19-20(15(2)23-27-19)28-24-12-5-7-17(14-24)21(25)22-13-16-8-10-18(26-3)11-9-16/h4,6,8-11,17H,5,7,12-14H2,1-3H3,(H,22,25)/b6-4+. The van der Waals surface area contributed by atoms with E-state index >= 15 is 0 Å². The molecule has 2 aromatic rings. The largest absolute Gasteiger partial charge is 0.497 e. The molecule has 1 aliphatic heterocycles. The fraction of sp³-hybridized carbons (Fsp3) is 0.429. The first kappa shape index (κ1) is 20.5. The molecule has 28 heavy (non-hydrogen) atoms. The molecule has 1 amide bonds. The van der Waals surface area contributed by atoms with Crippen molar-refractivity contribution in [2.75, 3.05) is 20.2 Å². The van der Waals surface area contributed by atoms with Gasteiger partial charge < -0.3 is 14.6 Å². The molecule has 1 saturated heterocycles. The van der Waals surface area contributed by atoms with Gasteiger partial charge in [0, 0.05) is 19.6 Å². The van der Waals surface area contributed by atoms with E-state index in [1.54, 1.807) is 19.1 Å². The number of rotatable bonds is 7. The third-order valence-corrected chi connectivity index (χ3v) is 6.02. The molecule has 1 N–H and O–H groups in total. The van der Waals surface area contributed by atoms with Crippen molar-refractivity contribution in [1.82, 2.24) is 14.8 Å². The van der Waals surface area contributed by atoms with E-state index in [0.717, 1.165) is 53.6 Å². The first-order chi connectivity index (χ1) is 13.6. The lowest BCUT2D eigenvalue weighted by molar-refractivity contribution is -0.126. The minimum Gasteiger partial charge on any atom is -0.497 e. The summed E-state index contributed by atoms with van der Waals surface area (Å²) < 4.78 is 12.8. The number of nitrogens with zero attached hydrogens (tertiary/aromatic N) is 2. The van der Waals surface area contributed by atoms with Gasteiger partial charge in [-0.1, -0.05) is 23.4 Å². The number of amides is 1. The van der Waals surface area contributed by atoms with Gasteiger partial charge in [-0.25, -0.2) is 4.31 Å². The van der Waals surface area contributed by atoms with Crippen LogP contribution in [0.3, 0.4) is 0 Å². The minimum absolute atomic E-state index is 0.00941. The van der Waals surface area contributed by atoms with E-state index in [1.165, 1.54) is 0 Å². The maximum atomic E-state index is 12.7. The Bertz CT molecular complexity index is 817. The predicted molar refractivity (Wildman–Crippen MR) is 111 cm³/mol. The molecule has 150 valence electrons. The van der Waals surface area contributed by atoms with Gasteiger partial charge in [0.15, 0.2) is 5.76 Å². The fourth-order valence-corrected chi connectivity index (χ4v) is 4.29. The van der Waals surface area contributed by atoms with E-state index in [2.05, 4.69) is 14.8 Å². The molecule has 1 aliphatic rings. The van der Waals surface area contributed by atoms with Crippen molar-refractivity contribution >= 4 is 23.9 Å². The van der Waals surface area contributed by atoms with Crippen molar-refractivity contribution in [2.45, 2.75) is 38.1 Å². The summed E-state index contributed by atoms with van der Waals surface area (Å²) in [6, 6.07) is 7.76. The number of aromatic nitrogens is 1. The van der Waals surface area contributed by atoms with Crippen LogP contribution in [0.25, 0.3) is 6.08 Å². The third kappa shape index (κ3) is 5.17. The molecular formula is C21H27N3O3S. The van der Waals surface area contributed by atoms with Crippen molar-refractivity contribution in [3.05, 3.63) is 47.4 Å². The Morgan fingerprint density at radius 1 is 1.43 bits per heavy atom. The second kappa shape index (κ2) is 9.80. The third-order valence-electron chi connectivity index (χ3n) is 4.75. The number of carbonyl (C=O) groups excluding carboxylic acids is 1. The van der Waals surface area contributed by atoms with Crippen LogP contribution in [0.15, 0.2) is 39.8 Å². The quantitative estimate of drug-likeness (QED) is 0.706. The number of hydrogen-bond acceptors (Lipinski definition) is 6. The van der Waals surface area contributed by atoms with Gasteiger partial charge in [0.1, 0.15) is 5.75 Å². The van der Waals surface area contributed by atoms with Crippen LogP contribution in [0, 0.1) is 12.8 Å². The number of nitrogens with one attached hydrogen (secondary N) is 1. The Morgan fingerprint density at radius 2 is 2.21 bits per heavy atom. The van der Waals surface area contributed by atoms with Crippen LogP contribution in [0.5, 0.6) is 5.75 Å². The lowest BCUT2D eigenvalue weighted by Crippen LogP contribution is -2.40. The Hall–Kier alpha value is -2.25. The predicted octanol–water partition coefficient (Wildman–Crippen LogP) is 4.06. The maximum absolute atomic E-state index is 12.7. The molecule has 0 radical (unpaired) electrons. The molecule has 0 aliphatic carbocycles. The smallest absolute Gasteiger partial charge is 0.224 e. The molecule has 7 heteroatoms. The zero-order valence-electron chi connectivity index (χ0n) is 16.6. The molecule has 1 aromatic heterocycles. The van der Waals surface area contributed by atoms with E-state index in [-0.39, 0.29) is 11.8 Å². The highest BCUT2D eigenvalue weighted by Gasteiger charge is 2.27. The lowest BCUT2D eigenvalue weighted by Gasteiger charge is -2.30.